The first-order chi connectivity index (χ1) is 25.8. The molecule has 0 saturated carbocycles. The van der Waals surface area contributed by atoms with E-state index in [4.69, 9.17) is 9.97 Å². The summed E-state index contributed by atoms with van der Waals surface area (Å²) < 4.78 is 2.46. The second-order valence-electron chi connectivity index (χ2n) is 14.1. The average molecular weight is 660 g/mol. The highest BCUT2D eigenvalue weighted by Gasteiger charge is 2.49. The van der Waals surface area contributed by atoms with E-state index in [9.17, 15) is 0 Å². The van der Waals surface area contributed by atoms with Crippen LogP contribution in [0.5, 0.6) is 0 Å². The number of nitrogens with zero attached hydrogens (tertiary/aromatic N) is 3. The van der Waals surface area contributed by atoms with Crippen molar-refractivity contribution in [3.8, 4) is 39.5 Å². The van der Waals surface area contributed by atoms with Gasteiger partial charge >= 0.3 is 0 Å². The van der Waals surface area contributed by atoms with E-state index in [-0.39, 0.29) is 0 Å². The number of aromatic nitrogens is 3. The summed E-state index contributed by atoms with van der Waals surface area (Å²) in [6.07, 6.45) is 0. The van der Waals surface area contributed by atoms with Gasteiger partial charge in [-0.25, -0.2) is 9.97 Å². The molecule has 0 amide bonds. The highest BCUT2D eigenvalue weighted by molar-refractivity contribution is 6.26. The summed E-state index contributed by atoms with van der Waals surface area (Å²) in [4.78, 5) is 10.3. The minimum Gasteiger partial charge on any atom is -0.309 e. The minimum absolute atomic E-state index is 0.422. The molecular formula is C49H29N3. The molecule has 0 radical (unpaired) electrons. The molecule has 0 atom stereocenters. The first kappa shape index (κ1) is 27.9. The highest BCUT2D eigenvalue weighted by atomic mass is 15.0. The van der Waals surface area contributed by atoms with Gasteiger partial charge in [-0.2, -0.15) is 0 Å². The Morgan fingerprint density at radius 3 is 1.88 bits per heavy atom. The summed E-state index contributed by atoms with van der Waals surface area (Å²) in [7, 11) is 0. The Bertz CT molecular complexity index is 3090. The molecular weight excluding hydrogens is 631 g/mol. The molecule has 0 bridgehead atoms. The lowest BCUT2D eigenvalue weighted by atomic mass is 9.63. The second-order valence-corrected chi connectivity index (χ2v) is 14.1. The number of fused-ring (bicyclic) bond motifs is 8. The second kappa shape index (κ2) is 10.1. The maximum absolute atomic E-state index is 5.22. The van der Waals surface area contributed by atoms with Crippen LogP contribution >= 0.6 is 0 Å². The third-order valence-corrected chi connectivity index (χ3v) is 11.6. The SMILES string of the molecule is c1ccc(-c2nc(-c3cccc(-n4c5cccc6c5c5c7c(cccc7ccc54)C64c5ccccc5-c5ccccc54)c3)nc3ccccc23)cc1. The van der Waals surface area contributed by atoms with Crippen LogP contribution in [-0.2, 0) is 5.41 Å². The van der Waals surface area contributed by atoms with Crippen molar-refractivity contribution >= 4 is 43.5 Å². The quantitative estimate of drug-likeness (QED) is 0.189. The molecule has 2 aliphatic carbocycles. The van der Waals surface area contributed by atoms with E-state index in [2.05, 4.69) is 168 Å². The fourth-order valence-electron chi connectivity index (χ4n) is 9.60. The zero-order valence-corrected chi connectivity index (χ0v) is 28.1. The predicted molar refractivity (Wildman–Crippen MR) is 213 cm³/mol. The molecule has 52 heavy (non-hydrogen) atoms. The molecule has 8 aromatic carbocycles. The molecule has 0 fully saturated rings. The fourth-order valence-corrected chi connectivity index (χ4v) is 9.60. The fraction of sp³-hybridized carbons (Fsp3) is 0.0204. The smallest absolute Gasteiger partial charge is 0.160 e. The molecule has 12 rings (SSSR count). The summed E-state index contributed by atoms with van der Waals surface area (Å²) in [5.41, 5.74) is 15.1. The van der Waals surface area contributed by atoms with E-state index in [1.165, 1.54) is 66.0 Å². The van der Waals surface area contributed by atoms with Crippen LogP contribution in [0, 0.1) is 0 Å². The van der Waals surface area contributed by atoms with E-state index < -0.39 is 5.41 Å². The van der Waals surface area contributed by atoms with Gasteiger partial charge in [0.05, 0.1) is 27.7 Å². The normalized spacial score (nSPS) is 13.5. The molecule has 2 aromatic heterocycles. The van der Waals surface area contributed by atoms with Crippen molar-refractivity contribution in [2.45, 2.75) is 5.41 Å². The van der Waals surface area contributed by atoms with Crippen LogP contribution < -0.4 is 0 Å². The van der Waals surface area contributed by atoms with Crippen molar-refractivity contribution in [1.82, 2.24) is 14.5 Å². The van der Waals surface area contributed by atoms with Crippen molar-refractivity contribution < 1.29 is 0 Å². The van der Waals surface area contributed by atoms with Gasteiger partial charge in [-0.05, 0) is 74.5 Å². The van der Waals surface area contributed by atoms with Gasteiger partial charge in [0.1, 0.15) is 0 Å². The van der Waals surface area contributed by atoms with Gasteiger partial charge in [-0.3, -0.25) is 0 Å². The van der Waals surface area contributed by atoms with E-state index in [1.54, 1.807) is 0 Å². The number of hydrogen-bond donors (Lipinski definition) is 0. The van der Waals surface area contributed by atoms with Gasteiger partial charge in [0, 0.05) is 33.0 Å². The van der Waals surface area contributed by atoms with Crippen LogP contribution in [-0.4, -0.2) is 14.5 Å². The Morgan fingerprint density at radius 2 is 1.06 bits per heavy atom. The molecule has 2 aliphatic rings. The molecule has 0 unspecified atom stereocenters. The van der Waals surface area contributed by atoms with Gasteiger partial charge < -0.3 is 4.57 Å². The summed E-state index contributed by atoms with van der Waals surface area (Å²) >= 11 is 0. The van der Waals surface area contributed by atoms with Crippen molar-refractivity contribution in [2.24, 2.45) is 0 Å². The van der Waals surface area contributed by atoms with Gasteiger partial charge in [-0.15, -0.1) is 0 Å². The Hall–Kier alpha value is -6.84. The molecule has 240 valence electrons. The van der Waals surface area contributed by atoms with E-state index in [0.717, 1.165) is 39.2 Å². The molecule has 0 N–H and O–H groups in total. The lowest BCUT2D eigenvalue weighted by molar-refractivity contribution is 0.783. The summed E-state index contributed by atoms with van der Waals surface area (Å²) in [5, 5.41) is 6.31. The van der Waals surface area contributed by atoms with E-state index in [1.807, 2.05) is 12.1 Å². The van der Waals surface area contributed by atoms with Crippen LogP contribution in [0.1, 0.15) is 22.3 Å². The molecule has 2 heterocycles. The van der Waals surface area contributed by atoms with Gasteiger partial charge in [0.2, 0.25) is 0 Å². The van der Waals surface area contributed by atoms with Gasteiger partial charge in [-0.1, -0.05) is 146 Å². The first-order valence-corrected chi connectivity index (χ1v) is 17.9. The highest BCUT2D eigenvalue weighted by Crippen LogP contribution is 2.62. The molecule has 0 saturated heterocycles. The minimum atomic E-state index is -0.422. The Morgan fingerprint density at radius 1 is 0.423 bits per heavy atom. The number of benzene rings is 8. The van der Waals surface area contributed by atoms with Crippen molar-refractivity contribution in [2.75, 3.05) is 0 Å². The molecule has 10 aromatic rings. The van der Waals surface area contributed by atoms with E-state index in [0.29, 0.717) is 0 Å². The van der Waals surface area contributed by atoms with Crippen molar-refractivity contribution in [3.05, 3.63) is 198 Å². The van der Waals surface area contributed by atoms with Crippen LogP contribution in [0.25, 0.3) is 82.9 Å². The third-order valence-electron chi connectivity index (χ3n) is 11.6. The van der Waals surface area contributed by atoms with Crippen LogP contribution in [0.3, 0.4) is 0 Å². The van der Waals surface area contributed by atoms with Crippen molar-refractivity contribution in [3.63, 3.8) is 0 Å². The molecule has 3 heteroatoms. The monoisotopic (exact) mass is 659 g/mol. The van der Waals surface area contributed by atoms with Gasteiger partial charge in [0.15, 0.2) is 5.82 Å². The van der Waals surface area contributed by atoms with Crippen LogP contribution in [0.4, 0.5) is 0 Å². The van der Waals surface area contributed by atoms with E-state index >= 15 is 0 Å². The maximum Gasteiger partial charge on any atom is 0.160 e. The van der Waals surface area contributed by atoms with Gasteiger partial charge in [0.25, 0.3) is 0 Å². The molecule has 3 nitrogen and oxygen atoms in total. The Labute approximate surface area is 300 Å². The molecule has 1 spiro atoms. The van der Waals surface area contributed by atoms with Crippen LogP contribution in [0.2, 0.25) is 0 Å². The number of para-hydroxylation sites is 1. The lowest BCUT2D eigenvalue weighted by Gasteiger charge is -2.37. The zero-order chi connectivity index (χ0) is 34.0. The summed E-state index contributed by atoms with van der Waals surface area (Å²) in [5.74, 6) is 0.719. The Balaban J connectivity index is 1.16. The van der Waals surface area contributed by atoms with Crippen molar-refractivity contribution in [1.29, 1.82) is 0 Å². The first-order valence-electron chi connectivity index (χ1n) is 17.9. The standard InChI is InChI=1S/C49H29N3/c1-2-13-31(14-3-1)47-36-20-6-9-25-41(36)50-48(51-47)32-16-10-17-33(29-32)52-42-26-12-24-40-45(42)46-43(52)28-27-30-15-11-23-39(44(30)46)49(40)37-21-7-4-18-34(37)35-19-5-8-22-38(35)49/h1-29H. The maximum atomic E-state index is 5.22. The number of hydrogen-bond acceptors (Lipinski definition) is 2. The predicted octanol–water partition coefficient (Wildman–Crippen LogP) is 11.9. The molecule has 0 aliphatic heterocycles. The zero-order valence-electron chi connectivity index (χ0n) is 28.1. The summed E-state index contributed by atoms with van der Waals surface area (Å²) in [6.45, 7) is 0. The Kier molecular flexibility index (Phi) is 5.43. The topological polar surface area (TPSA) is 30.7 Å². The number of rotatable bonds is 3. The largest absolute Gasteiger partial charge is 0.309 e. The third kappa shape index (κ3) is 3.45. The lowest BCUT2D eigenvalue weighted by Crippen LogP contribution is -2.30. The van der Waals surface area contributed by atoms with Crippen LogP contribution in [0.15, 0.2) is 176 Å². The summed E-state index contributed by atoms with van der Waals surface area (Å²) in [6, 6.07) is 64.0. The average Bonchev–Trinajstić information content (AvgIpc) is 3.71.